The van der Waals surface area contributed by atoms with Gasteiger partial charge in [-0.2, -0.15) is 5.48 Å². The highest BCUT2D eigenvalue weighted by Gasteiger charge is 2.39. The third-order valence-corrected chi connectivity index (χ3v) is 4.30. The molecule has 0 aromatic carbocycles. The molecule has 7 heteroatoms. The van der Waals surface area contributed by atoms with Crippen molar-refractivity contribution in [3.05, 3.63) is 50.0 Å². The van der Waals surface area contributed by atoms with Crippen LogP contribution in [-0.2, 0) is 4.94 Å². The van der Waals surface area contributed by atoms with Crippen molar-refractivity contribution in [3.8, 4) is 0 Å². The molecule has 2 aromatic rings. The van der Waals surface area contributed by atoms with Gasteiger partial charge in [-0.3, -0.25) is 10.0 Å². The van der Waals surface area contributed by atoms with Gasteiger partial charge in [-0.15, -0.1) is 22.7 Å². The monoisotopic (exact) mass is 280 g/mol. The maximum absolute atomic E-state index is 12.2. The van der Waals surface area contributed by atoms with Crippen molar-refractivity contribution in [1.29, 1.82) is 0 Å². The Morgan fingerprint density at radius 2 is 2.11 bits per heavy atom. The number of carbonyl (C=O) groups excluding carboxylic acids is 1. The lowest BCUT2D eigenvalue weighted by Crippen LogP contribution is -2.37. The largest absolute Gasteiger partial charge is 0.320 e. The molecule has 0 saturated carbocycles. The van der Waals surface area contributed by atoms with Gasteiger partial charge in [0.2, 0.25) is 5.78 Å². The van der Waals surface area contributed by atoms with Crippen molar-refractivity contribution < 1.29 is 14.6 Å². The number of nitrogens with zero attached hydrogens (tertiary/aromatic N) is 1. The minimum atomic E-state index is -0.750. The summed E-state index contributed by atoms with van der Waals surface area (Å²) in [5.74, 6) is -0.160. The Balaban J connectivity index is 1.96. The van der Waals surface area contributed by atoms with E-state index in [0.29, 0.717) is 15.5 Å². The molecule has 0 aliphatic carbocycles. The second-order valence-electron chi connectivity index (χ2n) is 3.60. The summed E-state index contributed by atoms with van der Waals surface area (Å²) >= 11 is 2.74. The summed E-state index contributed by atoms with van der Waals surface area (Å²) < 4.78 is 0. The molecule has 0 fully saturated rings. The number of thiophene rings is 2. The Morgan fingerprint density at radius 1 is 1.33 bits per heavy atom. The van der Waals surface area contributed by atoms with Gasteiger partial charge in [0.1, 0.15) is 4.88 Å². The summed E-state index contributed by atoms with van der Waals surface area (Å²) in [6, 6.07) is 6.39. The molecule has 1 N–H and O–H groups in total. The van der Waals surface area contributed by atoms with Crippen LogP contribution in [0.25, 0.3) is 0 Å². The average molecular weight is 280 g/mol. The highest BCUT2D eigenvalue weighted by Crippen LogP contribution is 2.20. The van der Waals surface area contributed by atoms with E-state index in [0.717, 1.165) is 4.88 Å². The fraction of sp³-hybridized carbons (Fsp3) is 0.0909. The third-order valence-electron chi connectivity index (χ3n) is 2.52. The van der Waals surface area contributed by atoms with Gasteiger partial charge in [0.25, 0.3) is 5.71 Å². The molecule has 1 atom stereocenters. The molecule has 18 heavy (non-hydrogen) atoms. The average Bonchev–Trinajstić information content (AvgIpc) is 3.09. The molecule has 0 radical (unpaired) electrons. The lowest BCUT2D eigenvalue weighted by atomic mass is 10.1. The molecule has 92 valence electrons. The summed E-state index contributed by atoms with van der Waals surface area (Å²) in [4.78, 5) is 18.6. The predicted molar refractivity (Wildman–Crippen MR) is 68.7 cm³/mol. The summed E-state index contributed by atoms with van der Waals surface area (Å²) in [7, 11) is 0. The van der Waals surface area contributed by atoms with Crippen molar-refractivity contribution in [2.75, 3.05) is 0 Å². The van der Waals surface area contributed by atoms with Gasteiger partial charge >= 0.3 is 0 Å². The van der Waals surface area contributed by atoms with Crippen LogP contribution >= 0.6 is 22.7 Å². The van der Waals surface area contributed by atoms with E-state index in [2.05, 4.69) is 5.48 Å². The van der Waals surface area contributed by atoms with E-state index in [-0.39, 0.29) is 5.78 Å². The van der Waals surface area contributed by atoms with E-state index in [1.807, 2.05) is 16.8 Å². The maximum Gasteiger partial charge on any atom is 0.289 e. The molecule has 0 bridgehead atoms. The number of ketones is 1. The normalized spacial score (nSPS) is 19.0. The smallest absolute Gasteiger partial charge is 0.289 e. The SMILES string of the molecule is O=C(c1cccs1)[C@H]1NO[N+]([O-])=C1c1cccs1. The van der Waals surface area contributed by atoms with Crippen molar-refractivity contribution in [2.24, 2.45) is 0 Å². The quantitative estimate of drug-likeness (QED) is 0.688. The second-order valence-corrected chi connectivity index (χ2v) is 5.50. The first-order valence-corrected chi connectivity index (χ1v) is 6.91. The van der Waals surface area contributed by atoms with Crippen molar-refractivity contribution in [2.45, 2.75) is 6.04 Å². The Bertz CT molecular complexity index is 590. The van der Waals surface area contributed by atoms with Crippen LogP contribution in [0, 0.1) is 5.21 Å². The molecule has 1 aliphatic heterocycles. The van der Waals surface area contributed by atoms with Crippen LogP contribution in [0.1, 0.15) is 14.5 Å². The van der Waals surface area contributed by atoms with Crippen LogP contribution in [0.2, 0.25) is 0 Å². The van der Waals surface area contributed by atoms with Crippen LogP contribution in [-0.4, -0.2) is 22.4 Å². The minimum Gasteiger partial charge on any atom is -0.320 e. The van der Waals surface area contributed by atoms with Gasteiger partial charge in [-0.25, -0.2) is 0 Å². The molecule has 3 heterocycles. The molecular formula is C11H8N2O3S2. The van der Waals surface area contributed by atoms with Crippen LogP contribution in [0.3, 0.4) is 0 Å². The van der Waals surface area contributed by atoms with Gasteiger partial charge in [-0.1, -0.05) is 12.1 Å². The molecule has 0 spiro atoms. The van der Waals surface area contributed by atoms with Crippen molar-refractivity contribution in [3.63, 3.8) is 0 Å². The van der Waals surface area contributed by atoms with Gasteiger partial charge in [0, 0.05) is 0 Å². The van der Waals surface area contributed by atoms with Crippen LogP contribution in [0.15, 0.2) is 35.0 Å². The van der Waals surface area contributed by atoms with Gasteiger partial charge < -0.3 is 4.94 Å². The van der Waals surface area contributed by atoms with E-state index < -0.39 is 6.04 Å². The van der Waals surface area contributed by atoms with Crippen LogP contribution < -0.4 is 5.48 Å². The van der Waals surface area contributed by atoms with Gasteiger partial charge in [0.05, 0.1) is 9.78 Å². The first-order valence-electron chi connectivity index (χ1n) is 5.15. The number of hydroxylamine groups is 1. The summed E-state index contributed by atoms with van der Waals surface area (Å²) in [6.45, 7) is 0. The number of hydrogen-bond acceptors (Lipinski definition) is 6. The van der Waals surface area contributed by atoms with Crippen LogP contribution in [0.5, 0.6) is 0 Å². The third kappa shape index (κ3) is 1.82. The molecule has 1 aliphatic rings. The van der Waals surface area contributed by atoms with E-state index in [4.69, 9.17) is 4.94 Å². The number of nitrogens with one attached hydrogen (secondary N) is 1. The van der Waals surface area contributed by atoms with E-state index in [1.165, 1.54) is 22.7 Å². The first-order chi connectivity index (χ1) is 8.77. The highest BCUT2D eigenvalue weighted by molar-refractivity contribution is 7.13. The summed E-state index contributed by atoms with van der Waals surface area (Å²) in [5, 5.41) is 15.3. The molecule has 3 rings (SSSR count). The number of hydrogen-bond donors (Lipinski definition) is 1. The number of Topliss-reactive ketones (excluding diaryl/α,β-unsaturated/α-hetero) is 1. The number of rotatable bonds is 3. The molecule has 0 unspecified atom stereocenters. The molecule has 2 aromatic heterocycles. The zero-order chi connectivity index (χ0) is 12.5. The Morgan fingerprint density at radius 3 is 2.78 bits per heavy atom. The lowest BCUT2D eigenvalue weighted by Gasteiger charge is -2.04. The van der Waals surface area contributed by atoms with Crippen LogP contribution in [0.4, 0.5) is 0 Å². The fourth-order valence-corrected chi connectivity index (χ4v) is 3.18. The second kappa shape index (κ2) is 4.52. The zero-order valence-electron chi connectivity index (χ0n) is 9.03. The van der Waals surface area contributed by atoms with Gasteiger partial charge in [0.15, 0.2) is 6.04 Å². The molecule has 0 saturated heterocycles. The number of carbonyl (C=O) groups is 1. The molecule has 5 nitrogen and oxygen atoms in total. The summed E-state index contributed by atoms with van der Waals surface area (Å²) in [6.07, 6.45) is 0. The fourth-order valence-electron chi connectivity index (χ4n) is 1.71. The minimum absolute atomic E-state index is 0.160. The zero-order valence-corrected chi connectivity index (χ0v) is 10.7. The van der Waals surface area contributed by atoms with E-state index >= 15 is 0 Å². The van der Waals surface area contributed by atoms with E-state index in [9.17, 15) is 10.0 Å². The Labute approximate surface area is 110 Å². The first kappa shape index (κ1) is 11.4. The Hall–Kier alpha value is -1.70. The highest BCUT2D eigenvalue weighted by atomic mass is 32.1. The molecular weight excluding hydrogens is 272 g/mol. The predicted octanol–water partition coefficient (Wildman–Crippen LogP) is 1.81. The Kier molecular flexibility index (Phi) is 2.86. The van der Waals surface area contributed by atoms with Crippen molar-refractivity contribution >= 4 is 34.2 Å². The van der Waals surface area contributed by atoms with Gasteiger partial charge in [-0.05, 0) is 22.9 Å². The van der Waals surface area contributed by atoms with E-state index in [1.54, 1.807) is 18.2 Å². The topological polar surface area (TPSA) is 64.4 Å². The lowest BCUT2D eigenvalue weighted by molar-refractivity contribution is -0.748. The summed E-state index contributed by atoms with van der Waals surface area (Å²) in [5.41, 5.74) is 2.78. The maximum atomic E-state index is 12.2. The molecule has 0 amide bonds. The standard InChI is InChI=1S/C11H8N2O3S2/c14-11(8-4-2-6-18-8)9-10(13(15)16-12-9)7-3-1-5-17-7/h1-6,9,12H/t9-/m0/s1. The van der Waals surface area contributed by atoms with Crippen molar-refractivity contribution in [1.82, 2.24) is 5.48 Å².